The highest BCUT2D eigenvalue weighted by Crippen LogP contribution is 2.14. The van der Waals surface area contributed by atoms with E-state index in [1.807, 2.05) is 18.2 Å². The summed E-state index contributed by atoms with van der Waals surface area (Å²) in [7, 11) is 0. The van der Waals surface area contributed by atoms with Gasteiger partial charge in [-0.15, -0.1) is 0 Å². The van der Waals surface area contributed by atoms with E-state index in [1.54, 1.807) is 6.92 Å². The van der Waals surface area contributed by atoms with Crippen molar-refractivity contribution in [2.24, 2.45) is 5.41 Å². The van der Waals surface area contributed by atoms with E-state index in [0.717, 1.165) is 13.1 Å². The number of hydrogen-bond acceptors (Lipinski definition) is 3. The lowest BCUT2D eigenvalue weighted by atomic mass is 9.95. The predicted molar refractivity (Wildman–Crippen MR) is 74.4 cm³/mol. The maximum absolute atomic E-state index is 9.13. The minimum Gasteiger partial charge on any atom is -0.391 e. The molecule has 0 fully saturated rings. The average molecular weight is 251 g/mol. The van der Waals surface area contributed by atoms with Crippen molar-refractivity contribution in [3.05, 3.63) is 35.9 Å². The smallest absolute Gasteiger partial charge is 0.0745 e. The van der Waals surface area contributed by atoms with Gasteiger partial charge in [0.2, 0.25) is 0 Å². The normalized spacial score (nSPS) is 13.6. The molecule has 0 amide bonds. The average Bonchev–Trinajstić information content (AvgIpc) is 2.29. The summed E-state index contributed by atoms with van der Waals surface area (Å²) in [6, 6.07) is 10.4. The van der Waals surface area contributed by atoms with E-state index >= 15 is 0 Å². The number of ether oxygens (including phenoxy) is 1. The quantitative estimate of drug-likeness (QED) is 0.744. The first-order chi connectivity index (χ1) is 8.49. The Bertz CT molecular complexity index is 323. The van der Waals surface area contributed by atoms with Gasteiger partial charge in [-0.05, 0) is 12.5 Å². The van der Waals surface area contributed by atoms with Gasteiger partial charge < -0.3 is 15.2 Å². The number of benzene rings is 1. The van der Waals surface area contributed by atoms with Crippen LogP contribution in [0, 0.1) is 5.41 Å². The molecule has 0 bridgehead atoms. The van der Waals surface area contributed by atoms with Crippen molar-refractivity contribution in [3.63, 3.8) is 0 Å². The van der Waals surface area contributed by atoms with E-state index in [9.17, 15) is 0 Å². The Morgan fingerprint density at radius 1 is 1.28 bits per heavy atom. The van der Waals surface area contributed by atoms with Crippen molar-refractivity contribution < 1.29 is 9.84 Å². The molecule has 1 unspecified atom stereocenters. The van der Waals surface area contributed by atoms with Crippen molar-refractivity contribution in [2.75, 3.05) is 19.8 Å². The van der Waals surface area contributed by atoms with Gasteiger partial charge in [-0.1, -0.05) is 44.2 Å². The van der Waals surface area contributed by atoms with Crippen LogP contribution in [-0.4, -0.2) is 31.0 Å². The highest BCUT2D eigenvalue weighted by molar-refractivity contribution is 5.14. The Morgan fingerprint density at radius 3 is 2.56 bits per heavy atom. The van der Waals surface area contributed by atoms with Gasteiger partial charge in [0.05, 0.1) is 19.3 Å². The molecule has 3 heteroatoms. The fourth-order valence-electron chi connectivity index (χ4n) is 1.70. The van der Waals surface area contributed by atoms with Crippen LogP contribution >= 0.6 is 0 Å². The molecule has 3 nitrogen and oxygen atoms in total. The lowest BCUT2D eigenvalue weighted by molar-refractivity contribution is 0.00897. The van der Waals surface area contributed by atoms with E-state index in [-0.39, 0.29) is 5.41 Å². The first-order valence-corrected chi connectivity index (χ1v) is 6.50. The number of aliphatic hydroxyl groups is 1. The second kappa shape index (κ2) is 7.52. The molecule has 0 heterocycles. The maximum atomic E-state index is 9.13. The summed E-state index contributed by atoms with van der Waals surface area (Å²) in [5.41, 5.74) is 1.36. The van der Waals surface area contributed by atoms with Gasteiger partial charge in [0.1, 0.15) is 0 Å². The largest absolute Gasteiger partial charge is 0.391 e. The maximum Gasteiger partial charge on any atom is 0.0745 e. The van der Waals surface area contributed by atoms with Gasteiger partial charge in [0.25, 0.3) is 0 Å². The Labute approximate surface area is 110 Å². The minimum absolute atomic E-state index is 0.0731. The van der Waals surface area contributed by atoms with E-state index in [1.165, 1.54) is 5.56 Å². The molecule has 0 saturated heterocycles. The molecule has 2 N–H and O–H groups in total. The van der Waals surface area contributed by atoms with E-state index in [0.29, 0.717) is 13.2 Å². The van der Waals surface area contributed by atoms with Gasteiger partial charge in [0.15, 0.2) is 0 Å². The van der Waals surface area contributed by atoms with E-state index < -0.39 is 6.10 Å². The highest BCUT2D eigenvalue weighted by atomic mass is 16.5. The lowest BCUT2D eigenvalue weighted by Crippen LogP contribution is -2.33. The number of nitrogens with one attached hydrogen (secondary N) is 1. The third-order valence-electron chi connectivity index (χ3n) is 2.63. The summed E-state index contributed by atoms with van der Waals surface area (Å²) in [6.45, 7) is 8.88. The molecule has 1 aromatic carbocycles. The molecule has 1 atom stereocenters. The van der Waals surface area contributed by atoms with Crippen molar-refractivity contribution in [1.82, 2.24) is 5.32 Å². The molecule has 0 aliphatic heterocycles. The topological polar surface area (TPSA) is 41.5 Å². The van der Waals surface area contributed by atoms with E-state index in [4.69, 9.17) is 9.84 Å². The summed E-state index contributed by atoms with van der Waals surface area (Å²) in [6.07, 6.45) is -0.391. The minimum atomic E-state index is -0.391. The van der Waals surface area contributed by atoms with Crippen molar-refractivity contribution >= 4 is 0 Å². The molecule has 0 spiro atoms. The molecule has 18 heavy (non-hydrogen) atoms. The predicted octanol–water partition coefficient (Wildman–Crippen LogP) is 2.20. The van der Waals surface area contributed by atoms with Crippen LogP contribution in [-0.2, 0) is 11.3 Å². The standard InChI is InChI=1S/C15H25NO2/c1-13(17)10-18-12-15(2,3)11-16-9-14-7-5-4-6-8-14/h4-8,13,16-17H,9-12H2,1-3H3. The number of hydrogen-bond donors (Lipinski definition) is 2. The van der Waals surface area contributed by atoms with Crippen LogP contribution in [0.4, 0.5) is 0 Å². The molecule has 1 aromatic rings. The number of aliphatic hydroxyl groups excluding tert-OH is 1. The van der Waals surface area contributed by atoms with E-state index in [2.05, 4.69) is 31.3 Å². The Morgan fingerprint density at radius 2 is 1.94 bits per heavy atom. The van der Waals surface area contributed by atoms with Crippen LogP contribution < -0.4 is 5.32 Å². The molecular formula is C15H25NO2. The van der Waals surface area contributed by atoms with Gasteiger partial charge in [-0.3, -0.25) is 0 Å². The second-order valence-electron chi connectivity index (χ2n) is 5.62. The highest BCUT2D eigenvalue weighted by Gasteiger charge is 2.17. The van der Waals surface area contributed by atoms with Gasteiger partial charge in [-0.25, -0.2) is 0 Å². The van der Waals surface area contributed by atoms with Crippen molar-refractivity contribution in [2.45, 2.75) is 33.4 Å². The van der Waals surface area contributed by atoms with Crippen LogP contribution in [0.3, 0.4) is 0 Å². The summed E-state index contributed by atoms with van der Waals surface area (Å²) in [5.74, 6) is 0. The first-order valence-electron chi connectivity index (χ1n) is 6.50. The van der Waals surface area contributed by atoms with Crippen molar-refractivity contribution in [3.8, 4) is 0 Å². The summed E-state index contributed by atoms with van der Waals surface area (Å²) >= 11 is 0. The Kier molecular flexibility index (Phi) is 6.33. The van der Waals surface area contributed by atoms with Crippen LogP contribution in [0.2, 0.25) is 0 Å². The summed E-state index contributed by atoms with van der Waals surface area (Å²) < 4.78 is 5.47. The third-order valence-corrected chi connectivity index (χ3v) is 2.63. The van der Waals surface area contributed by atoms with Gasteiger partial charge in [0, 0.05) is 18.5 Å². The van der Waals surface area contributed by atoms with Gasteiger partial charge >= 0.3 is 0 Å². The molecule has 1 rings (SSSR count). The van der Waals surface area contributed by atoms with Crippen molar-refractivity contribution in [1.29, 1.82) is 0 Å². The second-order valence-corrected chi connectivity index (χ2v) is 5.62. The molecule has 0 aromatic heterocycles. The summed E-state index contributed by atoms with van der Waals surface area (Å²) in [5, 5.41) is 12.6. The Hall–Kier alpha value is -0.900. The summed E-state index contributed by atoms with van der Waals surface area (Å²) in [4.78, 5) is 0. The van der Waals surface area contributed by atoms with Crippen LogP contribution in [0.25, 0.3) is 0 Å². The molecular weight excluding hydrogens is 226 g/mol. The van der Waals surface area contributed by atoms with Crippen LogP contribution in [0.5, 0.6) is 0 Å². The lowest BCUT2D eigenvalue weighted by Gasteiger charge is -2.25. The molecule has 0 aliphatic rings. The third kappa shape index (κ3) is 6.74. The van der Waals surface area contributed by atoms with Crippen LogP contribution in [0.15, 0.2) is 30.3 Å². The zero-order valence-electron chi connectivity index (χ0n) is 11.6. The zero-order valence-corrected chi connectivity index (χ0v) is 11.6. The molecule has 0 aliphatic carbocycles. The van der Waals surface area contributed by atoms with Crippen LogP contribution in [0.1, 0.15) is 26.3 Å². The molecule has 0 radical (unpaired) electrons. The first kappa shape index (κ1) is 15.2. The van der Waals surface area contributed by atoms with Gasteiger partial charge in [-0.2, -0.15) is 0 Å². The SMILES string of the molecule is CC(O)COCC(C)(C)CNCc1ccccc1. The Balaban J connectivity index is 2.20. The molecule has 0 saturated carbocycles. The molecule has 102 valence electrons. The fraction of sp³-hybridized carbons (Fsp3) is 0.600. The fourth-order valence-corrected chi connectivity index (χ4v) is 1.70. The zero-order chi connectivity index (χ0) is 13.4. The number of rotatable bonds is 8. The monoisotopic (exact) mass is 251 g/mol.